The third kappa shape index (κ3) is 2.66. The van der Waals surface area contributed by atoms with Crippen LogP contribution in [0.3, 0.4) is 0 Å². The summed E-state index contributed by atoms with van der Waals surface area (Å²) in [6.45, 7) is 0. The van der Waals surface area contributed by atoms with Crippen molar-refractivity contribution in [1.29, 1.82) is 0 Å². The van der Waals surface area contributed by atoms with Crippen molar-refractivity contribution in [1.82, 2.24) is 14.6 Å². The molecular formula is C18H16F3N3. The molecule has 0 bridgehead atoms. The SMILES string of the molecule is FC(F)(F)c1ccc2nnc(C3(CCc4ccccc4)CC3)n2c1. The summed E-state index contributed by atoms with van der Waals surface area (Å²) in [6, 6.07) is 12.5. The van der Waals surface area contributed by atoms with Crippen molar-refractivity contribution < 1.29 is 13.2 Å². The minimum Gasteiger partial charge on any atom is -0.285 e. The van der Waals surface area contributed by atoms with Gasteiger partial charge in [0.05, 0.1) is 5.56 Å². The maximum atomic E-state index is 13.0. The molecule has 1 fully saturated rings. The predicted molar refractivity (Wildman–Crippen MR) is 83.7 cm³/mol. The highest BCUT2D eigenvalue weighted by Gasteiger charge is 2.47. The van der Waals surface area contributed by atoms with Crippen LogP contribution in [0.15, 0.2) is 48.7 Å². The van der Waals surface area contributed by atoms with Gasteiger partial charge in [-0.15, -0.1) is 10.2 Å². The van der Waals surface area contributed by atoms with Gasteiger partial charge in [0.2, 0.25) is 0 Å². The molecule has 1 aliphatic carbocycles. The molecule has 0 saturated heterocycles. The summed E-state index contributed by atoms with van der Waals surface area (Å²) in [5.74, 6) is 0.652. The van der Waals surface area contributed by atoms with Gasteiger partial charge in [-0.3, -0.25) is 4.40 Å². The molecule has 6 heteroatoms. The van der Waals surface area contributed by atoms with Crippen LogP contribution >= 0.6 is 0 Å². The van der Waals surface area contributed by atoms with Crippen LogP contribution in [0.25, 0.3) is 5.65 Å². The third-order valence-electron chi connectivity index (χ3n) is 4.79. The zero-order valence-electron chi connectivity index (χ0n) is 12.9. The Bertz CT molecular complexity index is 864. The molecule has 1 aromatic carbocycles. The second-order valence-electron chi connectivity index (χ2n) is 6.43. The van der Waals surface area contributed by atoms with Gasteiger partial charge in [-0.2, -0.15) is 13.2 Å². The maximum absolute atomic E-state index is 13.0. The van der Waals surface area contributed by atoms with Gasteiger partial charge in [0, 0.05) is 11.6 Å². The normalized spacial score (nSPS) is 16.5. The Morgan fingerprint density at radius 2 is 1.75 bits per heavy atom. The number of pyridine rings is 1. The first-order chi connectivity index (χ1) is 11.5. The molecule has 0 spiro atoms. The summed E-state index contributed by atoms with van der Waals surface area (Å²) in [5, 5.41) is 8.26. The molecule has 0 radical (unpaired) electrons. The third-order valence-corrected chi connectivity index (χ3v) is 4.79. The molecule has 4 rings (SSSR count). The number of benzene rings is 1. The molecule has 124 valence electrons. The Balaban J connectivity index is 1.65. The number of aromatic nitrogens is 3. The molecule has 3 nitrogen and oxygen atoms in total. The first-order valence-electron chi connectivity index (χ1n) is 7.94. The summed E-state index contributed by atoms with van der Waals surface area (Å²) < 4.78 is 40.5. The summed E-state index contributed by atoms with van der Waals surface area (Å²) in [7, 11) is 0. The summed E-state index contributed by atoms with van der Waals surface area (Å²) in [6.07, 6.45) is 0.389. The van der Waals surface area contributed by atoms with Crippen molar-refractivity contribution in [3.05, 3.63) is 65.6 Å². The quantitative estimate of drug-likeness (QED) is 0.709. The maximum Gasteiger partial charge on any atom is 0.417 e. The van der Waals surface area contributed by atoms with Gasteiger partial charge >= 0.3 is 6.18 Å². The number of nitrogens with zero attached hydrogens (tertiary/aromatic N) is 3. The van der Waals surface area contributed by atoms with Crippen LogP contribution in [-0.2, 0) is 18.0 Å². The molecule has 0 N–H and O–H groups in total. The van der Waals surface area contributed by atoms with Crippen molar-refractivity contribution in [3.8, 4) is 0 Å². The molecule has 1 saturated carbocycles. The Labute approximate surface area is 137 Å². The van der Waals surface area contributed by atoms with Gasteiger partial charge in [0.25, 0.3) is 0 Å². The van der Waals surface area contributed by atoms with Crippen LogP contribution in [0.2, 0.25) is 0 Å². The van der Waals surface area contributed by atoms with E-state index in [-0.39, 0.29) is 5.41 Å². The predicted octanol–water partition coefficient (Wildman–Crippen LogP) is 4.41. The van der Waals surface area contributed by atoms with Crippen molar-refractivity contribution in [2.75, 3.05) is 0 Å². The standard InChI is InChI=1S/C18H16F3N3/c19-18(20,21)14-6-7-15-22-23-16(24(15)12-14)17(10-11-17)9-8-13-4-2-1-3-5-13/h1-7,12H,8-11H2. The molecule has 0 amide bonds. The molecule has 2 aromatic heterocycles. The lowest BCUT2D eigenvalue weighted by Gasteiger charge is -2.14. The minimum atomic E-state index is -4.36. The molecule has 0 unspecified atom stereocenters. The number of fused-ring (bicyclic) bond motifs is 1. The highest BCUT2D eigenvalue weighted by Crippen LogP contribution is 2.51. The van der Waals surface area contributed by atoms with E-state index in [9.17, 15) is 13.2 Å². The highest BCUT2D eigenvalue weighted by atomic mass is 19.4. The van der Waals surface area contributed by atoms with Crippen molar-refractivity contribution in [2.24, 2.45) is 0 Å². The topological polar surface area (TPSA) is 30.2 Å². The molecule has 24 heavy (non-hydrogen) atoms. The summed E-state index contributed by atoms with van der Waals surface area (Å²) >= 11 is 0. The molecule has 3 aromatic rings. The average molecular weight is 331 g/mol. The highest BCUT2D eigenvalue weighted by molar-refractivity contribution is 5.42. The van der Waals surface area contributed by atoms with E-state index in [0.29, 0.717) is 11.5 Å². The molecule has 0 atom stereocenters. The number of hydrogen-bond acceptors (Lipinski definition) is 2. The first-order valence-corrected chi connectivity index (χ1v) is 7.94. The van der Waals surface area contributed by atoms with Gasteiger partial charge in [-0.05, 0) is 43.4 Å². The second-order valence-corrected chi connectivity index (χ2v) is 6.43. The van der Waals surface area contributed by atoms with E-state index < -0.39 is 11.7 Å². The second kappa shape index (κ2) is 5.33. The minimum absolute atomic E-state index is 0.153. The zero-order valence-corrected chi connectivity index (χ0v) is 12.9. The largest absolute Gasteiger partial charge is 0.417 e. The van der Waals surface area contributed by atoms with E-state index in [1.54, 1.807) is 0 Å². The van der Waals surface area contributed by atoms with E-state index in [1.807, 2.05) is 18.2 Å². The summed E-state index contributed by atoms with van der Waals surface area (Å²) in [4.78, 5) is 0. The van der Waals surface area contributed by atoms with Gasteiger partial charge in [-0.1, -0.05) is 30.3 Å². The van der Waals surface area contributed by atoms with Crippen molar-refractivity contribution in [3.63, 3.8) is 0 Å². The van der Waals surface area contributed by atoms with E-state index >= 15 is 0 Å². The Hall–Kier alpha value is -2.37. The summed E-state index contributed by atoms with van der Waals surface area (Å²) in [5.41, 5.74) is 0.868. The van der Waals surface area contributed by atoms with Crippen LogP contribution in [0.4, 0.5) is 13.2 Å². The lowest BCUT2D eigenvalue weighted by molar-refractivity contribution is -0.137. The number of aryl methyl sites for hydroxylation is 1. The Kier molecular flexibility index (Phi) is 3.37. The average Bonchev–Trinajstić information content (AvgIpc) is 3.23. The zero-order chi connectivity index (χ0) is 16.8. The van der Waals surface area contributed by atoms with E-state index in [4.69, 9.17) is 0 Å². The Morgan fingerprint density at radius 1 is 1.00 bits per heavy atom. The molecule has 2 heterocycles. The van der Waals surface area contributed by atoms with Gasteiger partial charge in [0.1, 0.15) is 5.82 Å². The van der Waals surface area contributed by atoms with Gasteiger partial charge in [0.15, 0.2) is 5.65 Å². The van der Waals surface area contributed by atoms with Crippen molar-refractivity contribution >= 4 is 5.65 Å². The van der Waals surface area contributed by atoms with Crippen LogP contribution < -0.4 is 0 Å². The van der Waals surface area contributed by atoms with Gasteiger partial charge in [-0.25, -0.2) is 0 Å². The monoisotopic (exact) mass is 331 g/mol. The molecule has 1 aliphatic rings. The fraction of sp³-hybridized carbons (Fsp3) is 0.333. The van der Waals surface area contributed by atoms with Crippen LogP contribution in [0.5, 0.6) is 0 Å². The number of alkyl halides is 3. The van der Waals surface area contributed by atoms with Crippen molar-refractivity contribution in [2.45, 2.75) is 37.3 Å². The lowest BCUT2D eigenvalue weighted by Crippen LogP contribution is -2.14. The Morgan fingerprint density at radius 3 is 2.42 bits per heavy atom. The van der Waals surface area contributed by atoms with Gasteiger partial charge < -0.3 is 0 Å². The van der Waals surface area contributed by atoms with E-state index in [2.05, 4.69) is 22.3 Å². The van der Waals surface area contributed by atoms with Crippen LogP contribution in [0, 0.1) is 0 Å². The number of hydrogen-bond donors (Lipinski definition) is 0. The molecule has 0 aliphatic heterocycles. The van der Waals surface area contributed by atoms with E-state index in [1.165, 1.54) is 16.0 Å². The lowest BCUT2D eigenvalue weighted by atomic mass is 9.96. The van der Waals surface area contributed by atoms with E-state index in [0.717, 1.165) is 37.9 Å². The molecular weight excluding hydrogens is 315 g/mol. The smallest absolute Gasteiger partial charge is 0.285 e. The fourth-order valence-electron chi connectivity index (χ4n) is 3.18. The van der Waals surface area contributed by atoms with Crippen LogP contribution in [0.1, 0.15) is 36.2 Å². The first kappa shape index (κ1) is 15.2. The number of halogens is 3. The van der Waals surface area contributed by atoms with Crippen LogP contribution in [-0.4, -0.2) is 14.6 Å². The number of rotatable bonds is 4. The fourth-order valence-corrected chi connectivity index (χ4v) is 3.18.